The van der Waals surface area contributed by atoms with Crippen LogP contribution in [0.4, 0.5) is 0 Å². The fourth-order valence-corrected chi connectivity index (χ4v) is 5.42. The van der Waals surface area contributed by atoms with Crippen molar-refractivity contribution in [1.82, 2.24) is 14.8 Å². The predicted octanol–water partition coefficient (Wildman–Crippen LogP) is 2.34. The Bertz CT molecular complexity index is 733. The van der Waals surface area contributed by atoms with Crippen LogP contribution in [0.5, 0.6) is 0 Å². The van der Waals surface area contributed by atoms with E-state index >= 15 is 0 Å². The number of carbonyl (C=O) groups is 1. The normalized spacial score (nSPS) is 23.4. The van der Waals surface area contributed by atoms with E-state index in [2.05, 4.69) is 26.9 Å². The summed E-state index contributed by atoms with van der Waals surface area (Å²) in [5.41, 5.74) is 2.26. The van der Waals surface area contributed by atoms with E-state index in [4.69, 9.17) is 4.74 Å². The summed E-state index contributed by atoms with van der Waals surface area (Å²) in [5, 5.41) is 3.21. The Balaban J connectivity index is 1.33. The van der Waals surface area contributed by atoms with Crippen molar-refractivity contribution in [3.05, 3.63) is 54.4 Å². The summed E-state index contributed by atoms with van der Waals surface area (Å²) in [6, 6.07) is 12.2. The fraction of sp³-hybridized carbons (Fsp3) is 0.476. The van der Waals surface area contributed by atoms with Gasteiger partial charge < -0.3 is 14.6 Å². The topological polar surface area (TPSA) is 46.5 Å². The van der Waals surface area contributed by atoms with Crippen molar-refractivity contribution in [2.45, 2.75) is 18.4 Å². The van der Waals surface area contributed by atoms with Gasteiger partial charge in [0.15, 0.2) is 0 Å². The molecule has 6 heteroatoms. The molecule has 1 amide bonds. The average molecular weight is 386 g/mol. The van der Waals surface area contributed by atoms with Gasteiger partial charge >= 0.3 is 0 Å². The van der Waals surface area contributed by atoms with Crippen molar-refractivity contribution in [1.29, 1.82) is 0 Å². The van der Waals surface area contributed by atoms with E-state index < -0.39 is 0 Å². The van der Waals surface area contributed by atoms with Crippen LogP contribution in [-0.4, -0.2) is 65.3 Å². The fourth-order valence-electron chi connectivity index (χ4n) is 3.94. The minimum atomic E-state index is 0.0996. The maximum absolute atomic E-state index is 12.5. The summed E-state index contributed by atoms with van der Waals surface area (Å²) in [7, 11) is 0. The van der Waals surface area contributed by atoms with Crippen molar-refractivity contribution in [2.75, 3.05) is 44.4 Å². The molecule has 2 saturated heterocycles. The highest BCUT2D eigenvalue weighted by Gasteiger charge is 2.40. The summed E-state index contributed by atoms with van der Waals surface area (Å²) in [5.74, 6) is 2.38. The molecule has 144 valence electrons. The lowest BCUT2D eigenvalue weighted by Gasteiger charge is -2.43. The third kappa shape index (κ3) is 4.39. The summed E-state index contributed by atoms with van der Waals surface area (Å²) >= 11 is 1.99. The maximum atomic E-state index is 12.5. The first kappa shape index (κ1) is 18.6. The molecule has 0 spiro atoms. The van der Waals surface area contributed by atoms with Gasteiger partial charge in [0, 0.05) is 49.0 Å². The highest BCUT2D eigenvalue weighted by Crippen LogP contribution is 2.33. The van der Waals surface area contributed by atoms with Crippen LogP contribution in [0.3, 0.4) is 0 Å². The van der Waals surface area contributed by atoms with E-state index in [-0.39, 0.29) is 11.4 Å². The Labute approximate surface area is 165 Å². The minimum Gasteiger partial charge on any atom is -0.379 e. The zero-order valence-electron chi connectivity index (χ0n) is 15.6. The Morgan fingerprint density at radius 2 is 1.89 bits per heavy atom. The minimum absolute atomic E-state index is 0.0996. The lowest BCUT2D eigenvalue weighted by atomic mass is 9.95. The number of benzene rings is 1. The highest BCUT2D eigenvalue weighted by atomic mass is 32.2. The van der Waals surface area contributed by atoms with Crippen LogP contribution in [-0.2, 0) is 16.0 Å². The first-order chi connectivity index (χ1) is 13.3. The molecule has 3 heterocycles. The third-order valence-electron chi connectivity index (χ3n) is 5.58. The first-order valence-corrected chi connectivity index (χ1v) is 10.8. The number of nitrogens with one attached hydrogen (secondary N) is 1. The number of hydrogen-bond acceptors (Lipinski definition) is 4. The zero-order valence-corrected chi connectivity index (χ0v) is 16.4. The van der Waals surface area contributed by atoms with Gasteiger partial charge in [0.1, 0.15) is 0 Å². The summed E-state index contributed by atoms with van der Waals surface area (Å²) in [6.07, 6.45) is 5.61. The van der Waals surface area contributed by atoms with E-state index in [9.17, 15) is 4.79 Å². The molecule has 27 heavy (non-hydrogen) atoms. The number of aromatic nitrogens is 1. The average Bonchev–Trinajstić information content (AvgIpc) is 3.41. The number of amides is 1. The molecular formula is C21H27N3O2S. The van der Waals surface area contributed by atoms with Crippen LogP contribution in [0.25, 0.3) is 5.69 Å². The molecule has 4 rings (SSSR count). The number of ether oxygens (including phenoxy) is 1. The number of carbonyl (C=O) groups excluding carboxylic acids is 1. The Kier molecular flexibility index (Phi) is 5.86. The monoisotopic (exact) mass is 385 g/mol. The molecule has 1 atom stereocenters. The van der Waals surface area contributed by atoms with E-state index in [0.29, 0.717) is 6.42 Å². The summed E-state index contributed by atoms with van der Waals surface area (Å²) < 4.78 is 7.57. The number of thioether (sulfide) groups is 1. The molecule has 0 radical (unpaired) electrons. The van der Waals surface area contributed by atoms with Crippen LogP contribution in [0.15, 0.2) is 48.8 Å². The number of morpholine rings is 1. The molecule has 5 nitrogen and oxygen atoms in total. The Morgan fingerprint density at radius 1 is 1.15 bits per heavy atom. The number of hydrogen-bond donors (Lipinski definition) is 1. The van der Waals surface area contributed by atoms with Gasteiger partial charge in [-0.3, -0.25) is 9.69 Å². The van der Waals surface area contributed by atoms with E-state index in [1.807, 2.05) is 48.4 Å². The molecular weight excluding hydrogens is 358 g/mol. The van der Waals surface area contributed by atoms with Crippen LogP contribution in [0.2, 0.25) is 0 Å². The molecule has 2 aliphatic heterocycles. The first-order valence-electron chi connectivity index (χ1n) is 9.65. The second kappa shape index (κ2) is 8.50. The van der Waals surface area contributed by atoms with Crippen molar-refractivity contribution in [3.8, 4) is 5.69 Å². The zero-order chi connectivity index (χ0) is 18.5. The van der Waals surface area contributed by atoms with Crippen LogP contribution in [0.1, 0.15) is 12.0 Å². The number of nitrogens with zero attached hydrogens (tertiary/aromatic N) is 2. The molecule has 0 bridgehead atoms. The van der Waals surface area contributed by atoms with Gasteiger partial charge in [-0.25, -0.2) is 0 Å². The van der Waals surface area contributed by atoms with Crippen molar-refractivity contribution in [2.24, 2.45) is 0 Å². The van der Waals surface area contributed by atoms with Gasteiger partial charge in [-0.2, -0.15) is 11.8 Å². The van der Waals surface area contributed by atoms with Crippen LogP contribution < -0.4 is 5.32 Å². The van der Waals surface area contributed by atoms with E-state index in [1.54, 1.807) is 0 Å². The van der Waals surface area contributed by atoms with Gasteiger partial charge in [-0.15, -0.1) is 0 Å². The van der Waals surface area contributed by atoms with Crippen LogP contribution >= 0.6 is 11.8 Å². The molecule has 1 unspecified atom stereocenters. The molecule has 1 aromatic heterocycles. The van der Waals surface area contributed by atoms with E-state index in [0.717, 1.165) is 56.3 Å². The molecule has 2 fully saturated rings. The van der Waals surface area contributed by atoms with Crippen molar-refractivity contribution >= 4 is 17.7 Å². The van der Waals surface area contributed by atoms with Gasteiger partial charge in [0.25, 0.3) is 0 Å². The largest absolute Gasteiger partial charge is 0.379 e. The Hall–Kier alpha value is -1.76. The molecule has 1 aromatic carbocycles. The van der Waals surface area contributed by atoms with Gasteiger partial charge in [0.05, 0.1) is 19.6 Å². The highest BCUT2D eigenvalue weighted by molar-refractivity contribution is 7.99. The molecule has 2 aliphatic rings. The van der Waals surface area contributed by atoms with Crippen LogP contribution in [0, 0.1) is 0 Å². The summed E-state index contributed by atoms with van der Waals surface area (Å²) in [6.45, 7) is 4.27. The predicted molar refractivity (Wildman–Crippen MR) is 110 cm³/mol. The Morgan fingerprint density at radius 3 is 2.56 bits per heavy atom. The summed E-state index contributed by atoms with van der Waals surface area (Å²) in [4.78, 5) is 15.1. The lowest BCUT2D eigenvalue weighted by Crippen LogP contribution is -2.59. The van der Waals surface area contributed by atoms with Crippen molar-refractivity contribution < 1.29 is 9.53 Å². The standard InChI is InChI=1S/C21H27N3O2S/c25-20(15-18-3-5-19(6-4-18)23-8-1-2-9-23)22-16-21(7-14-27-17-21)24-10-12-26-13-11-24/h1-6,8-9H,7,10-17H2,(H,22,25). The molecule has 2 aromatic rings. The number of rotatable bonds is 6. The van der Waals surface area contributed by atoms with Gasteiger partial charge in [-0.05, 0) is 42.0 Å². The smallest absolute Gasteiger partial charge is 0.224 e. The third-order valence-corrected chi connectivity index (χ3v) is 6.82. The van der Waals surface area contributed by atoms with Gasteiger partial charge in [-0.1, -0.05) is 12.1 Å². The van der Waals surface area contributed by atoms with Gasteiger partial charge in [0.2, 0.25) is 5.91 Å². The molecule has 0 aliphatic carbocycles. The lowest BCUT2D eigenvalue weighted by molar-refractivity contribution is -0.121. The maximum Gasteiger partial charge on any atom is 0.224 e. The van der Waals surface area contributed by atoms with E-state index in [1.165, 1.54) is 5.75 Å². The molecule has 1 N–H and O–H groups in total. The second-order valence-corrected chi connectivity index (χ2v) is 8.44. The second-order valence-electron chi connectivity index (χ2n) is 7.34. The SMILES string of the molecule is O=C(Cc1ccc(-n2cccc2)cc1)NCC1(N2CCOCC2)CCSC1. The molecule has 0 saturated carbocycles. The van der Waals surface area contributed by atoms with Crippen molar-refractivity contribution in [3.63, 3.8) is 0 Å². The quantitative estimate of drug-likeness (QED) is 0.829.